The minimum atomic E-state index is -0.193. The average Bonchev–Trinajstić information content (AvgIpc) is 3.04. The lowest BCUT2D eigenvalue weighted by Gasteiger charge is -2.10. The Morgan fingerprint density at radius 1 is 1.10 bits per heavy atom. The van der Waals surface area contributed by atoms with Crippen molar-refractivity contribution in [3.05, 3.63) is 77.1 Å². The van der Waals surface area contributed by atoms with Crippen LogP contribution in [0, 0.1) is 13.8 Å². The van der Waals surface area contributed by atoms with Gasteiger partial charge in [-0.3, -0.25) is 4.79 Å². The SMILES string of the molecule is COc1ccc(OC)c(CNC(=O)/C=C/c2c(C)nn(-c3ccccc3)c2C)c1. The number of nitrogens with one attached hydrogen (secondary N) is 1. The molecule has 0 unspecified atom stereocenters. The summed E-state index contributed by atoms with van der Waals surface area (Å²) in [6.07, 6.45) is 3.33. The highest BCUT2D eigenvalue weighted by atomic mass is 16.5. The van der Waals surface area contributed by atoms with Crippen LogP contribution in [0.3, 0.4) is 0 Å². The first-order valence-corrected chi connectivity index (χ1v) is 9.32. The van der Waals surface area contributed by atoms with E-state index in [1.165, 1.54) is 6.08 Å². The molecule has 0 spiro atoms. The summed E-state index contributed by atoms with van der Waals surface area (Å²) in [5.74, 6) is 1.22. The molecule has 0 saturated carbocycles. The van der Waals surface area contributed by atoms with Crippen LogP contribution in [0.25, 0.3) is 11.8 Å². The number of methoxy groups -OCH3 is 2. The molecule has 0 atom stereocenters. The molecule has 1 N–H and O–H groups in total. The average molecular weight is 391 g/mol. The first kappa shape index (κ1) is 20.2. The molecule has 6 heteroatoms. The van der Waals surface area contributed by atoms with Crippen LogP contribution in [0.15, 0.2) is 54.6 Å². The van der Waals surface area contributed by atoms with Gasteiger partial charge in [-0.1, -0.05) is 18.2 Å². The molecule has 0 radical (unpaired) electrons. The Hall–Kier alpha value is -3.54. The summed E-state index contributed by atoms with van der Waals surface area (Å²) >= 11 is 0. The molecule has 2 aromatic carbocycles. The van der Waals surface area contributed by atoms with E-state index in [0.29, 0.717) is 18.0 Å². The molecule has 3 aromatic rings. The van der Waals surface area contributed by atoms with Crippen LogP contribution in [0.4, 0.5) is 0 Å². The van der Waals surface area contributed by atoms with Gasteiger partial charge in [-0.25, -0.2) is 4.68 Å². The van der Waals surface area contributed by atoms with Crippen LogP contribution in [0.1, 0.15) is 22.5 Å². The standard InChI is InChI=1S/C23H25N3O3/c1-16-21(17(2)26(25-16)19-8-6-5-7-9-19)11-13-23(27)24-15-18-14-20(28-3)10-12-22(18)29-4/h5-14H,15H2,1-4H3,(H,24,27)/b13-11+. The van der Waals surface area contributed by atoms with Gasteiger partial charge >= 0.3 is 0 Å². The third-order valence-electron chi connectivity index (χ3n) is 4.69. The molecule has 0 aliphatic rings. The third-order valence-corrected chi connectivity index (χ3v) is 4.69. The normalized spacial score (nSPS) is 10.9. The second-order valence-electron chi connectivity index (χ2n) is 6.56. The van der Waals surface area contributed by atoms with Crippen LogP contribution in [-0.2, 0) is 11.3 Å². The number of hydrogen-bond acceptors (Lipinski definition) is 4. The molecule has 3 rings (SSSR count). The van der Waals surface area contributed by atoms with E-state index in [1.54, 1.807) is 20.3 Å². The maximum Gasteiger partial charge on any atom is 0.244 e. The first-order valence-electron chi connectivity index (χ1n) is 9.32. The van der Waals surface area contributed by atoms with E-state index in [4.69, 9.17) is 9.47 Å². The molecule has 0 fully saturated rings. The molecule has 1 amide bonds. The quantitative estimate of drug-likeness (QED) is 0.622. The number of amides is 1. The summed E-state index contributed by atoms with van der Waals surface area (Å²) < 4.78 is 12.5. The number of aryl methyl sites for hydroxylation is 1. The zero-order valence-electron chi connectivity index (χ0n) is 17.1. The highest BCUT2D eigenvalue weighted by Crippen LogP contribution is 2.24. The highest BCUT2D eigenvalue weighted by Gasteiger charge is 2.11. The number of benzene rings is 2. The molecule has 1 heterocycles. The molecular weight excluding hydrogens is 366 g/mol. The summed E-state index contributed by atoms with van der Waals surface area (Å²) in [5, 5.41) is 7.48. The number of carbonyl (C=O) groups is 1. The van der Waals surface area contributed by atoms with Crippen molar-refractivity contribution < 1.29 is 14.3 Å². The highest BCUT2D eigenvalue weighted by molar-refractivity contribution is 5.92. The minimum absolute atomic E-state index is 0.193. The number of nitrogens with zero attached hydrogens (tertiary/aromatic N) is 2. The van der Waals surface area contributed by atoms with Crippen LogP contribution < -0.4 is 14.8 Å². The Bertz CT molecular complexity index is 1020. The molecule has 1 aromatic heterocycles. The lowest BCUT2D eigenvalue weighted by Crippen LogP contribution is -2.20. The van der Waals surface area contributed by atoms with Crippen molar-refractivity contribution in [2.75, 3.05) is 14.2 Å². The molecule has 150 valence electrons. The van der Waals surface area contributed by atoms with Gasteiger partial charge in [-0.05, 0) is 50.3 Å². The number of carbonyl (C=O) groups excluding carboxylic acids is 1. The van der Waals surface area contributed by atoms with Crippen molar-refractivity contribution in [2.24, 2.45) is 0 Å². The Labute approximate surface area is 170 Å². The van der Waals surface area contributed by atoms with E-state index in [0.717, 1.165) is 28.2 Å². The summed E-state index contributed by atoms with van der Waals surface area (Å²) in [6.45, 7) is 4.27. The molecule has 0 aliphatic heterocycles. The molecular formula is C23H25N3O3. The molecule has 6 nitrogen and oxygen atoms in total. The number of para-hydroxylation sites is 1. The maximum absolute atomic E-state index is 12.3. The van der Waals surface area contributed by atoms with E-state index in [9.17, 15) is 4.79 Å². The zero-order valence-corrected chi connectivity index (χ0v) is 17.1. The fraction of sp³-hybridized carbons (Fsp3) is 0.217. The summed E-state index contributed by atoms with van der Waals surface area (Å²) in [7, 11) is 3.20. The fourth-order valence-corrected chi connectivity index (χ4v) is 3.14. The predicted molar refractivity (Wildman–Crippen MR) is 113 cm³/mol. The maximum atomic E-state index is 12.3. The van der Waals surface area contributed by atoms with E-state index in [1.807, 2.05) is 67.1 Å². The van der Waals surface area contributed by atoms with Crippen LogP contribution >= 0.6 is 0 Å². The third kappa shape index (κ3) is 4.66. The van der Waals surface area contributed by atoms with E-state index in [-0.39, 0.29) is 5.91 Å². The zero-order chi connectivity index (χ0) is 20.8. The van der Waals surface area contributed by atoms with Crippen LogP contribution in [-0.4, -0.2) is 29.9 Å². The Balaban J connectivity index is 1.71. The van der Waals surface area contributed by atoms with E-state index >= 15 is 0 Å². The van der Waals surface area contributed by atoms with Gasteiger partial charge in [0.2, 0.25) is 5.91 Å². The number of aromatic nitrogens is 2. The van der Waals surface area contributed by atoms with Gasteiger partial charge in [-0.15, -0.1) is 0 Å². The molecule has 29 heavy (non-hydrogen) atoms. The Morgan fingerprint density at radius 2 is 1.86 bits per heavy atom. The lowest BCUT2D eigenvalue weighted by molar-refractivity contribution is -0.116. The van der Waals surface area contributed by atoms with Gasteiger partial charge in [0.25, 0.3) is 0 Å². The summed E-state index contributed by atoms with van der Waals surface area (Å²) in [5.41, 5.74) is 4.61. The topological polar surface area (TPSA) is 65.4 Å². The van der Waals surface area contributed by atoms with Gasteiger partial charge in [0.05, 0.1) is 25.6 Å². The predicted octanol–water partition coefficient (Wildman–Crippen LogP) is 3.84. The molecule has 0 saturated heterocycles. The summed E-state index contributed by atoms with van der Waals surface area (Å²) in [6, 6.07) is 15.4. The van der Waals surface area contributed by atoms with Crippen molar-refractivity contribution in [1.29, 1.82) is 0 Å². The van der Waals surface area contributed by atoms with Gasteiger partial charge < -0.3 is 14.8 Å². The largest absolute Gasteiger partial charge is 0.497 e. The number of rotatable bonds is 7. The van der Waals surface area contributed by atoms with Crippen molar-refractivity contribution >= 4 is 12.0 Å². The number of hydrogen-bond donors (Lipinski definition) is 1. The monoisotopic (exact) mass is 391 g/mol. The second-order valence-corrected chi connectivity index (χ2v) is 6.56. The Morgan fingerprint density at radius 3 is 2.55 bits per heavy atom. The van der Waals surface area contributed by atoms with Crippen LogP contribution in [0.5, 0.6) is 11.5 Å². The molecule has 0 bridgehead atoms. The van der Waals surface area contributed by atoms with Crippen molar-refractivity contribution in [3.8, 4) is 17.2 Å². The van der Waals surface area contributed by atoms with Crippen LogP contribution in [0.2, 0.25) is 0 Å². The smallest absolute Gasteiger partial charge is 0.244 e. The second kappa shape index (κ2) is 9.10. The lowest BCUT2D eigenvalue weighted by atomic mass is 10.1. The van der Waals surface area contributed by atoms with Crippen molar-refractivity contribution in [3.63, 3.8) is 0 Å². The first-order chi connectivity index (χ1) is 14.0. The van der Waals surface area contributed by atoms with Gasteiger partial charge in [-0.2, -0.15) is 5.10 Å². The number of ether oxygens (including phenoxy) is 2. The van der Waals surface area contributed by atoms with E-state index in [2.05, 4.69) is 10.4 Å². The van der Waals surface area contributed by atoms with Crippen molar-refractivity contribution in [2.45, 2.75) is 20.4 Å². The van der Waals surface area contributed by atoms with Gasteiger partial charge in [0.1, 0.15) is 11.5 Å². The minimum Gasteiger partial charge on any atom is -0.497 e. The summed E-state index contributed by atoms with van der Waals surface area (Å²) in [4.78, 5) is 12.3. The van der Waals surface area contributed by atoms with Gasteiger partial charge in [0.15, 0.2) is 0 Å². The van der Waals surface area contributed by atoms with Gasteiger partial charge in [0, 0.05) is 29.4 Å². The van der Waals surface area contributed by atoms with E-state index < -0.39 is 0 Å². The fourth-order valence-electron chi connectivity index (χ4n) is 3.14. The van der Waals surface area contributed by atoms with Crippen molar-refractivity contribution in [1.82, 2.24) is 15.1 Å². The molecule has 0 aliphatic carbocycles. The Kier molecular flexibility index (Phi) is 6.34.